The van der Waals surface area contributed by atoms with Crippen molar-refractivity contribution >= 4 is 24.6 Å². The van der Waals surface area contributed by atoms with Crippen molar-refractivity contribution in [3.8, 4) is 5.75 Å². The first-order valence-electron chi connectivity index (χ1n) is 10.4. The van der Waals surface area contributed by atoms with E-state index in [0.29, 0.717) is 12.3 Å². The van der Waals surface area contributed by atoms with Crippen molar-refractivity contribution in [1.82, 2.24) is 4.98 Å². The Balaban J connectivity index is 1.90. The summed E-state index contributed by atoms with van der Waals surface area (Å²) in [5, 5.41) is 14.0. The van der Waals surface area contributed by atoms with Crippen LogP contribution in [0.3, 0.4) is 0 Å². The molecule has 1 N–H and O–H groups in total. The second-order valence-electron chi connectivity index (χ2n) is 6.90. The number of oxazole rings is 1. The fourth-order valence-electron chi connectivity index (χ4n) is 3.11. The number of ether oxygens (including phenoxy) is 1. The van der Waals surface area contributed by atoms with E-state index in [2.05, 4.69) is 10.3 Å². The number of nitro benzene ring substituents is 1. The number of hydrogen-bond donors (Lipinski definition) is 1. The lowest BCUT2D eigenvalue weighted by Gasteiger charge is -2.15. The molecule has 1 aromatic heterocycles. The van der Waals surface area contributed by atoms with Crippen LogP contribution < -0.4 is 15.5 Å². The Labute approximate surface area is 191 Å². The Morgan fingerprint density at radius 1 is 1.09 bits per heavy atom. The third-order valence-corrected chi connectivity index (χ3v) is 6.62. The Bertz CT molecular complexity index is 1120. The number of nitrogens with one attached hydrogen (secondary N) is 1. The van der Waals surface area contributed by atoms with Gasteiger partial charge in [0.2, 0.25) is 17.2 Å². The molecule has 0 radical (unpaired) electrons. The minimum Gasteiger partial charge on any atom is -0.497 e. The van der Waals surface area contributed by atoms with Gasteiger partial charge in [-0.25, -0.2) is 4.98 Å². The largest absolute Gasteiger partial charge is 0.497 e. The van der Waals surface area contributed by atoms with Gasteiger partial charge in [-0.1, -0.05) is 24.3 Å². The Morgan fingerprint density at radius 3 is 2.39 bits per heavy atom. The second-order valence-corrected chi connectivity index (χ2v) is 8.83. The van der Waals surface area contributed by atoms with Crippen molar-refractivity contribution < 1.29 is 27.7 Å². The molecule has 0 amide bonds. The molecule has 3 rings (SSSR count). The highest BCUT2D eigenvalue weighted by atomic mass is 31.2. The lowest BCUT2D eigenvalue weighted by molar-refractivity contribution is -0.384. The average molecular weight is 475 g/mol. The van der Waals surface area contributed by atoms with Crippen LogP contribution in [0.25, 0.3) is 0 Å². The number of benzene rings is 2. The molecule has 0 bridgehead atoms. The smallest absolute Gasteiger partial charge is 0.385 e. The van der Waals surface area contributed by atoms with Crippen LogP contribution in [0.2, 0.25) is 0 Å². The van der Waals surface area contributed by atoms with Crippen LogP contribution in [-0.2, 0) is 26.6 Å². The first-order chi connectivity index (χ1) is 15.9. The third-order valence-electron chi connectivity index (χ3n) is 4.60. The van der Waals surface area contributed by atoms with Crippen LogP contribution in [0.1, 0.15) is 30.9 Å². The minimum atomic E-state index is -3.73. The van der Waals surface area contributed by atoms with Crippen molar-refractivity contribution in [1.29, 1.82) is 0 Å². The van der Waals surface area contributed by atoms with Gasteiger partial charge in [-0.15, -0.1) is 0 Å². The molecule has 0 saturated carbocycles. The lowest BCUT2D eigenvalue weighted by atomic mass is 10.1. The molecule has 0 aliphatic carbocycles. The fourth-order valence-corrected chi connectivity index (χ4v) is 4.71. The van der Waals surface area contributed by atoms with Crippen molar-refractivity contribution in [3.05, 3.63) is 75.7 Å². The molecule has 0 aliphatic heterocycles. The molecule has 1 heterocycles. The van der Waals surface area contributed by atoms with Crippen molar-refractivity contribution in [2.45, 2.75) is 26.8 Å². The molecular formula is C22H26N3O7P. The molecule has 3 aromatic rings. The molecule has 10 nitrogen and oxygen atoms in total. The molecule has 0 unspecified atom stereocenters. The molecule has 176 valence electrons. The van der Waals surface area contributed by atoms with Crippen LogP contribution in [0, 0.1) is 10.1 Å². The topological polar surface area (TPSA) is 126 Å². The molecule has 11 heteroatoms. The van der Waals surface area contributed by atoms with Gasteiger partial charge in [0.15, 0.2) is 0 Å². The Morgan fingerprint density at radius 2 is 1.79 bits per heavy atom. The van der Waals surface area contributed by atoms with Crippen molar-refractivity contribution in [2.24, 2.45) is 0 Å². The summed E-state index contributed by atoms with van der Waals surface area (Å²) in [5.74, 6) is 1.16. The Kier molecular flexibility index (Phi) is 8.21. The Hall–Kier alpha value is -3.20. The number of methoxy groups -OCH3 is 1. The van der Waals surface area contributed by atoms with E-state index < -0.39 is 12.5 Å². The predicted octanol–water partition coefficient (Wildman–Crippen LogP) is 4.69. The van der Waals surface area contributed by atoms with Gasteiger partial charge in [0.1, 0.15) is 5.75 Å². The van der Waals surface area contributed by atoms with Gasteiger partial charge in [0.05, 0.1) is 25.2 Å². The van der Waals surface area contributed by atoms with E-state index in [0.717, 1.165) is 11.1 Å². The quantitative estimate of drug-likeness (QED) is 0.226. The summed E-state index contributed by atoms with van der Waals surface area (Å²) in [6.45, 7) is 4.11. The summed E-state index contributed by atoms with van der Waals surface area (Å²) in [6.07, 6.45) is 0.240. The number of nitro groups is 1. The fraction of sp³-hybridized carbons (Fsp3) is 0.318. The van der Waals surface area contributed by atoms with E-state index in [1.54, 1.807) is 33.1 Å². The van der Waals surface area contributed by atoms with Gasteiger partial charge >= 0.3 is 7.60 Å². The average Bonchev–Trinajstić information content (AvgIpc) is 3.22. The van der Waals surface area contributed by atoms with Gasteiger partial charge in [-0.2, -0.15) is 0 Å². The molecule has 0 aliphatic rings. The number of nitrogens with zero attached hydrogens (tertiary/aromatic N) is 2. The predicted molar refractivity (Wildman–Crippen MR) is 123 cm³/mol. The zero-order valence-electron chi connectivity index (χ0n) is 18.6. The summed E-state index contributed by atoms with van der Waals surface area (Å²) in [6, 6.07) is 13.5. The van der Waals surface area contributed by atoms with Crippen LogP contribution in [0.4, 0.5) is 11.6 Å². The van der Waals surface area contributed by atoms with E-state index >= 15 is 0 Å². The maximum atomic E-state index is 13.4. The minimum absolute atomic E-state index is 0.00955. The van der Waals surface area contributed by atoms with E-state index in [1.807, 2.05) is 24.3 Å². The molecule has 0 spiro atoms. The number of anilines is 1. The van der Waals surface area contributed by atoms with Gasteiger partial charge in [0.25, 0.3) is 5.69 Å². The number of hydrogen-bond acceptors (Lipinski definition) is 9. The van der Waals surface area contributed by atoms with Crippen molar-refractivity contribution in [2.75, 3.05) is 25.6 Å². The standard InChI is InChI=1S/C22H26N3O7P/c1-4-30-33(28,31-5-2)22-21(23-15-17-7-6-8-19(13-17)29-3)32-20(24-22)14-16-9-11-18(12-10-16)25(26)27/h6-13,23H,4-5,14-15H2,1-3H3. The maximum Gasteiger partial charge on any atom is 0.385 e. The maximum absolute atomic E-state index is 13.4. The monoisotopic (exact) mass is 475 g/mol. The second kappa shape index (κ2) is 11.1. The van der Waals surface area contributed by atoms with Gasteiger partial charge in [0, 0.05) is 25.1 Å². The lowest BCUT2D eigenvalue weighted by Crippen LogP contribution is -2.16. The number of rotatable bonds is 12. The normalized spacial score (nSPS) is 11.4. The summed E-state index contributed by atoms with van der Waals surface area (Å²) in [5.41, 5.74) is 1.71. The van der Waals surface area contributed by atoms with Crippen LogP contribution in [0.5, 0.6) is 5.75 Å². The molecule has 2 aromatic carbocycles. The highest BCUT2D eigenvalue weighted by Gasteiger charge is 2.35. The summed E-state index contributed by atoms with van der Waals surface area (Å²) < 4.78 is 35.5. The SMILES string of the molecule is CCOP(=O)(OCC)c1nc(Cc2ccc([N+](=O)[O-])cc2)oc1NCc1cccc(OC)c1. The zero-order valence-corrected chi connectivity index (χ0v) is 19.5. The third kappa shape index (κ3) is 6.19. The first kappa shape index (κ1) is 24.4. The van der Waals surface area contributed by atoms with Gasteiger partial charge < -0.3 is 23.5 Å². The van der Waals surface area contributed by atoms with E-state index in [1.165, 1.54) is 12.1 Å². The first-order valence-corrected chi connectivity index (χ1v) is 11.9. The van der Waals surface area contributed by atoms with Crippen LogP contribution in [0.15, 0.2) is 52.9 Å². The molecule has 0 saturated heterocycles. The highest BCUT2D eigenvalue weighted by Crippen LogP contribution is 2.48. The molecule has 0 fully saturated rings. The molecule has 0 atom stereocenters. The zero-order chi connectivity index (χ0) is 23.8. The summed E-state index contributed by atoms with van der Waals surface area (Å²) in [4.78, 5) is 14.8. The highest BCUT2D eigenvalue weighted by molar-refractivity contribution is 7.62. The van der Waals surface area contributed by atoms with E-state index in [9.17, 15) is 14.7 Å². The summed E-state index contributed by atoms with van der Waals surface area (Å²) >= 11 is 0. The van der Waals surface area contributed by atoms with E-state index in [4.69, 9.17) is 18.2 Å². The number of non-ortho nitro benzene ring substituents is 1. The van der Waals surface area contributed by atoms with E-state index in [-0.39, 0.29) is 42.5 Å². The number of aromatic nitrogens is 1. The summed E-state index contributed by atoms with van der Waals surface area (Å²) in [7, 11) is -2.14. The van der Waals surface area contributed by atoms with Crippen LogP contribution in [-0.4, -0.2) is 30.2 Å². The molecule has 33 heavy (non-hydrogen) atoms. The van der Waals surface area contributed by atoms with Gasteiger partial charge in [-0.3, -0.25) is 14.7 Å². The van der Waals surface area contributed by atoms with Gasteiger partial charge in [-0.05, 0) is 37.1 Å². The van der Waals surface area contributed by atoms with Crippen LogP contribution >= 0.6 is 7.60 Å². The van der Waals surface area contributed by atoms with Crippen molar-refractivity contribution in [3.63, 3.8) is 0 Å². The molecular weight excluding hydrogens is 449 g/mol.